The predicted molar refractivity (Wildman–Crippen MR) is 87.0 cm³/mol. The van der Waals surface area contributed by atoms with Crippen molar-refractivity contribution in [1.82, 2.24) is 10.2 Å². The van der Waals surface area contributed by atoms with E-state index < -0.39 is 5.97 Å². The van der Waals surface area contributed by atoms with Crippen LogP contribution in [0.3, 0.4) is 0 Å². The Labute approximate surface area is 135 Å². The molecule has 2 rings (SSSR count). The van der Waals surface area contributed by atoms with Crippen molar-refractivity contribution in [2.45, 2.75) is 45.2 Å². The van der Waals surface area contributed by atoms with Crippen LogP contribution in [-0.4, -0.2) is 47.1 Å². The van der Waals surface area contributed by atoms with Crippen molar-refractivity contribution in [3.8, 4) is 0 Å². The van der Waals surface area contributed by atoms with Crippen molar-refractivity contribution in [3.05, 3.63) is 22.4 Å². The first-order chi connectivity index (χ1) is 10.5. The van der Waals surface area contributed by atoms with E-state index in [1.807, 2.05) is 30.2 Å². The Balaban J connectivity index is 1.72. The molecule has 1 aliphatic carbocycles. The third-order valence-electron chi connectivity index (χ3n) is 4.26. The van der Waals surface area contributed by atoms with Crippen LogP contribution < -0.4 is 5.32 Å². The topological polar surface area (TPSA) is 69.6 Å². The molecule has 0 spiro atoms. The second-order valence-electron chi connectivity index (χ2n) is 5.97. The summed E-state index contributed by atoms with van der Waals surface area (Å²) in [5.41, 5.74) is 0. The van der Waals surface area contributed by atoms with Gasteiger partial charge in [0.25, 0.3) is 0 Å². The van der Waals surface area contributed by atoms with Crippen LogP contribution in [0.1, 0.15) is 31.6 Å². The standard InChI is InChI=1S/C16H24N2O3S/c1-3-18(10-15(19)20)13-8-12(9-13)17-16(21)11(2)7-14-5-4-6-22-14/h4-6,11-13H,3,7-10H2,1-2H3,(H,17,21)(H,19,20)/t11-,12?,13?/m1/s1. The third kappa shape index (κ3) is 4.55. The molecule has 1 fully saturated rings. The summed E-state index contributed by atoms with van der Waals surface area (Å²) in [5.74, 6) is -0.726. The number of hydrogen-bond acceptors (Lipinski definition) is 4. The fraction of sp³-hybridized carbons (Fsp3) is 0.625. The summed E-state index contributed by atoms with van der Waals surface area (Å²) in [6.45, 7) is 4.73. The number of carboxylic acids is 1. The Hall–Kier alpha value is -1.40. The van der Waals surface area contributed by atoms with E-state index in [0.717, 1.165) is 25.8 Å². The number of aliphatic carboxylic acids is 1. The lowest BCUT2D eigenvalue weighted by Gasteiger charge is -2.42. The Morgan fingerprint density at radius 1 is 1.50 bits per heavy atom. The molecule has 1 saturated carbocycles. The average Bonchev–Trinajstić information content (AvgIpc) is 2.92. The molecule has 6 heteroatoms. The van der Waals surface area contributed by atoms with Crippen LogP contribution >= 0.6 is 11.3 Å². The summed E-state index contributed by atoms with van der Waals surface area (Å²) in [4.78, 5) is 26.2. The molecule has 0 aliphatic heterocycles. The molecule has 0 unspecified atom stereocenters. The lowest BCUT2D eigenvalue weighted by Crippen LogP contribution is -2.55. The van der Waals surface area contributed by atoms with Gasteiger partial charge in [-0.2, -0.15) is 0 Å². The number of thiophene rings is 1. The van der Waals surface area contributed by atoms with Gasteiger partial charge < -0.3 is 10.4 Å². The molecule has 22 heavy (non-hydrogen) atoms. The highest BCUT2D eigenvalue weighted by molar-refractivity contribution is 7.09. The summed E-state index contributed by atoms with van der Waals surface area (Å²) in [7, 11) is 0. The third-order valence-corrected chi connectivity index (χ3v) is 5.15. The zero-order chi connectivity index (χ0) is 16.1. The number of nitrogens with zero attached hydrogens (tertiary/aromatic N) is 1. The largest absolute Gasteiger partial charge is 0.480 e. The molecular formula is C16H24N2O3S. The van der Waals surface area contributed by atoms with Gasteiger partial charge in [-0.25, -0.2) is 0 Å². The van der Waals surface area contributed by atoms with Gasteiger partial charge in [0.15, 0.2) is 0 Å². The Morgan fingerprint density at radius 2 is 2.23 bits per heavy atom. The monoisotopic (exact) mass is 324 g/mol. The van der Waals surface area contributed by atoms with Crippen molar-refractivity contribution >= 4 is 23.2 Å². The van der Waals surface area contributed by atoms with Gasteiger partial charge in [0.1, 0.15) is 0 Å². The normalized spacial score (nSPS) is 22.1. The fourth-order valence-electron chi connectivity index (χ4n) is 2.84. The van der Waals surface area contributed by atoms with Crippen LogP contribution in [0.25, 0.3) is 0 Å². The van der Waals surface area contributed by atoms with Gasteiger partial charge in [-0.3, -0.25) is 14.5 Å². The van der Waals surface area contributed by atoms with Crippen LogP contribution in [0.2, 0.25) is 0 Å². The van der Waals surface area contributed by atoms with Gasteiger partial charge in [-0.05, 0) is 37.3 Å². The molecule has 0 radical (unpaired) electrons. The summed E-state index contributed by atoms with van der Waals surface area (Å²) in [6, 6.07) is 4.52. The van der Waals surface area contributed by atoms with Gasteiger partial charge >= 0.3 is 5.97 Å². The van der Waals surface area contributed by atoms with E-state index in [4.69, 9.17) is 5.11 Å². The van der Waals surface area contributed by atoms with Gasteiger partial charge in [0, 0.05) is 22.9 Å². The predicted octanol–water partition coefficient (Wildman–Crippen LogP) is 1.98. The molecule has 0 bridgehead atoms. The van der Waals surface area contributed by atoms with E-state index in [0.29, 0.717) is 0 Å². The molecule has 1 atom stereocenters. The molecule has 1 aromatic rings. The molecule has 1 aromatic heterocycles. The number of likely N-dealkylation sites (N-methyl/N-ethyl adjacent to an activating group) is 1. The molecule has 5 nitrogen and oxygen atoms in total. The maximum absolute atomic E-state index is 12.2. The molecule has 122 valence electrons. The lowest BCUT2D eigenvalue weighted by atomic mass is 9.85. The van der Waals surface area contributed by atoms with E-state index in [-0.39, 0.29) is 30.5 Å². The number of rotatable bonds is 8. The highest BCUT2D eigenvalue weighted by Crippen LogP contribution is 2.26. The smallest absolute Gasteiger partial charge is 0.317 e. The Kier molecular flexibility index (Phi) is 5.97. The van der Waals surface area contributed by atoms with Crippen molar-refractivity contribution in [2.24, 2.45) is 5.92 Å². The second kappa shape index (κ2) is 7.74. The number of carbonyl (C=O) groups is 2. The van der Waals surface area contributed by atoms with Gasteiger partial charge in [0.05, 0.1) is 6.54 Å². The summed E-state index contributed by atoms with van der Waals surface area (Å²) >= 11 is 1.68. The van der Waals surface area contributed by atoms with Crippen molar-refractivity contribution in [2.75, 3.05) is 13.1 Å². The van der Waals surface area contributed by atoms with Crippen molar-refractivity contribution < 1.29 is 14.7 Å². The molecule has 0 aromatic carbocycles. The second-order valence-corrected chi connectivity index (χ2v) is 7.00. The highest BCUT2D eigenvalue weighted by atomic mass is 32.1. The maximum Gasteiger partial charge on any atom is 0.317 e. The van der Waals surface area contributed by atoms with E-state index in [2.05, 4.69) is 11.4 Å². The number of carbonyl (C=O) groups excluding carboxylic acids is 1. The van der Waals surface area contributed by atoms with E-state index in [9.17, 15) is 9.59 Å². The number of carboxylic acid groups (broad SMARTS) is 1. The zero-order valence-electron chi connectivity index (χ0n) is 13.1. The Morgan fingerprint density at radius 3 is 2.77 bits per heavy atom. The van der Waals surface area contributed by atoms with Crippen LogP contribution in [0.15, 0.2) is 17.5 Å². The molecule has 1 aliphatic rings. The van der Waals surface area contributed by atoms with Crippen LogP contribution in [-0.2, 0) is 16.0 Å². The number of hydrogen-bond donors (Lipinski definition) is 2. The first kappa shape index (κ1) is 17.0. The summed E-state index contributed by atoms with van der Waals surface area (Å²) < 4.78 is 0. The zero-order valence-corrected chi connectivity index (χ0v) is 13.9. The first-order valence-corrected chi connectivity index (χ1v) is 8.66. The number of amides is 1. The van der Waals surface area contributed by atoms with Gasteiger partial charge in [-0.15, -0.1) is 11.3 Å². The van der Waals surface area contributed by atoms with Crippen LogP contribution in [0, 0.1) is 5.92 Å². The number of nitrogens with one attached hydrogen (secondary N) is 1. The first-order valence-electron chi connectivity index (χ1n) is 7.78. The van der Waals surface area contributed by atoms with Gasteiger partial charge in [0.2, 0.25) is 5.91 Å². The van der Waals surface area contributed by atoms with E-state index >= 15 is 0 Å². The molecule has 1 heterocycles. The minimum Gasteiger partial charge on any atom is -0.480 e. The summed E-state index contributed by atoms with van der Waals surface area (Å²) in [6.07, 6.45) is 2.47. The minimum absolute atomic E-state index is 0.0287. The van der Waals surface area contributed by atoms with E-state index in [1.165, 1.54) is 4.88 Å². The molecular weight excluding hydrogens is 300 g/mol. The quantitative estimate of drug-likeness (QED) is 0.767. The SMILES string of the molecule is CCN(CC(=O)O)C1CC(NC(=O)[C@H](C)Cc2cccs2)C1. The summed E-state index contributed by atoms with van der Waals surface area (Å²) in [5, 5.41) is 14.0. The van der Waals surface area contributed by atoms with Crippen molar-refractivity contribution in [3.63, 3.8) is 0 Å². The van der Waals surface area contributed by atoms with Crippen LogP contribution in [0.4, 0.5) is 0 Å². The van der Waals surface area contributed by atoms with Crippen LogP contribution in [0.5, 0.6) is 0 Å². The fourth-order valence-corrected chi connectivity index (χ4v) is 3.68. The minimum atomic E-state index is -0.793. The van der Waals surface area contributed by atoms with E-state index in [1.54, 1.807) is 11.3 Å². The van der Waals surface area contributed by atoms with Crippen molar-refractivity contribution in [1.29, 1.82) is 0 Å². The molecule has 0 saturated heterocycles. The highest BCUT2D eigenvalue weighted by Gasteiger charge is 2.35. The van der Waals surface area contributed by atoms with Gasteiger partial charge in [-0.1, -0.05) is 19.9 Å². The lowest BCUT2D eigenvalue weighted by molar-refractivity contribution is -0.140. The maximum atomic E-state index is 12.2. The molecule has 2 N–H and O–H groups in total. The Bertz CT molecular complexity index is 497. The average molecular weight is 324 g/mol. The molecule has 1 amide bonds.